The molecule has 0 radical (unpaired) electrons. The summed E-state index contributed by atoms with van der Waals surface area (Å²) in [6, 6.07) is 0. The molecule has 0 amide bonds. The van der Waals surface area contributed by atoms with Crippen LogP contribution in [-0.2, 0) is 16.0 Å². The molecule has 108 valence electrons. The number of methoxy groups -OCH3 is 1. The number of thiazole rings is 1. The van der Waals surface area contributed by atoms with Gasteiger partial charge in [-0.05, 0) is 39.7 Å². The van der Waals surface area contributed by atoms with Gasteiger partial charge in [0.2, 0.25) is 5.13 Å². The minimum Gasteiger partial charge on any atom is -0.469 e. The van der Waals surface area contributed by atoms with E-state index in [2.05, 4.69) is 21.7 Å². The predicted octanol–water partition coefficient (Wildman–Crippen LogP) is 2.67. The van der Waals surface area contributed by atoms with E-state index in [-0.39, 0.29) is 5.97 Å². The summed E-state index contributed by atoms with van der Waals surface area (Å²) in [5.41, 5.74) is 4.12. The Labute approximate surface area is 122 Å². The van der Waals surface area contributed by atoms with Crippen molar-refractivity contribution < 1.29 is 9.53 Å². The molecule has 0 saturated heterocycles. The van der Waals surface area contributed by atoms with E-state index in [1.807, 2.05) is 25.5 Å². The third-order valence-electron chi connectivity index (χ3n) is 3.45. The zero-order valence-electron chi connectivity index (χ0n) is 12.5. The lowest BCUT2D eigenvalue weighted by Gasteiger charge is -2.02. The maximum Gasteiger partial charge on any atom is 0.305 e. The molecular weight excluding hydrogens is 274 g/mol. The Bertz CT molecular complexity index is 624. The smallest absolute Gasteiger partial charge is 0.305 e. The number of hydrogen-bond acceptors (Lipinski definition) is 5. The molecule has 5 nitrogen and oxygen atoms in total. The van der Waals surface area contributed by atoms with Gasteiger partial charge in [0.05, 0.1) is 18.5 Å². The highest BCUT2D eigenvalue weighted by molar-refractivity contribution is 7.14. The minimum atomic E-state index is -0.197. The number of carbonyl (C=O) groups is 1. The molecule has 2 aromatic heterocycles. The van der Waals surface area contributed by atoms with Gasteiger partial charge in [-0.15, -0.1) is 0 Å². The Balaban J connectivity index is 2.31. The van der Waals surface area contributed by atoms with E-state index in [1.165, 1.54) is 12.0 Å². The van der Waals surface area contributed by atoms with Crippen LogP contribution in [-0.4, -0.2) is 27.8 Å². The number of ether oxygens (including phenoxy) is 1. The first-order valence-electron chi connectivity index (χ1n) is 6.50. The second-order valence-corrected chi connectivity index (χ2v) is 5.96. The van der Waals surface area contributed by atoms with Gasteiger partial charge in [-0.2, -0.15) is 5.10 Å². The largest absolute Gasteiger partial charge is 0.469 e. The predicted molar refractivity (Wildman–Crippen MR) is 78.5 cm³/mol. The number of aromatic nitrogens is 3. The van der Waals surface area contributed by atoms with Crippen LogP contribution in [0.3, 0.4) is 0 Å². The fraction of sp³-hybridized carbons (Fsp3) is 0.500. The molecule has 2 heterocycles. The summed E-state index contributed by atoms with van der Waals surface area (Å²) in [6.45, 7) is 8.03. The molecule has 0 unspecified atom stereocenters. The molecule has 0 saturated carbocycles. The maximum absolute atomic E-state index is 11.3. The monoisotopic (exact) mass is 293 g/mol. The quantitative estimate of drug-likeness (QED) is 0.813. The van der Waals surface area contributed by atoms with Crippen molar-refractivity contribution >= 4 is 17.3 Å². The van der Waals surface area contributed by atoms with Crippen LogP contribution in [0, 0.1) is 27.7 Å². The number of aryl methyl sites for hydroxylation is 3. The summed E-state index contributed by atoms with van der Waals surface area (Å²) < 4.78 is 6.55. The van der Waals surface area contributed by atoms with Gasteiger partial charge in [0, 0.05) is 17.0 Å². The molecule has 0 spiro atoms. The molecule has 6 heteroatoms. The van der Waals surface area contributed by atoms with Crippen LogP contribution in [0.2, 0.25) is 0 Å². The molecule has 0 N–H and O–H groups in total. The fourth-order valence-corrected chi connectivity index (χ4v) is 3.01. The Morgan fingerprint density at radius 1 is 1.25 bits per heavy atom. The van der Waals surface area contributed by atoms with Crippen LogP contribution >= 0.6 is 11.3 Å². The van der Waals surface area contributed by atoms with Gasteiger partial charge in [-0.1, -0.05) is 11.3 Å². The first-order chi connectivity index (χ1) is 9.43. The standard InChI is InChI=1S/C14H19N3O2S/c1-8-11(4)20-14(15-8)17-10(3)12(9(2)16-17)6-7-13(18)19-5/h6-7H2,1-5H3. The average molecular weight is 293 g/mol. The lowest BCUT2D eigenvalue weighted by Crippen LogP contribution is -2.03. The molecular formula is C14H19N3O2S. The second kappa shape index (κ2) is 5.75. The van der Waals surface area contributed by atoms with Crippen molar-refractivity contribution in [1.82, 2.24) is 14.8 Å². The summed E-state index contributed by atoms with van der Waals surface area (Å²) in [7, 11) is 1.41. The van der Waals surface area contributed by atoms with Gasteiger partial charge in [0.1, 0.15) is 0 Å². The average Bonchev–Trinajstić information content (AvgIpc) is 2.88. The van der Waals surface area contributed by atoms with Crippen LogP contribution in [0.1, 0.15) is 33.9 Å². The van der Waals surface area contributed by atoms with Gasteiger partial charge in [0.25, 0.3) is 0 Å². The highest BCUT2D eigenvalue weighted by Gasteiger charge is 2.16. The maximum atomic E-state index is 11.3. The van der Waals surface area contributed by atoms with Crippen molar-refractivity contribution in [3.05, 3.63) is 27.5 Å². The third-order valence-corrected chi connectivity index (χ3v) is 4.49. The van der Waals surface area contributed by atoms with Gasteiger partial charge in [0.15, 0.2) is 0 Å². The van der Waals surface area contributed by atoms with Gasteiger partial charge >= 0.3 is 5.97 Å². The Hall–Kier alpha value is -1.69. The van der Waals surface area contributed by atoms with E-state index in [0.29, 0.717) is 12.8 Å². The summed E-state index contributed by atoms with van der Waals surface area (Å²) in [4.78, 5) is 17.0. The second-order valence-electron chi connectivity index (χ2n) is 4.78. The van der Waals surface area contributed by atoms with Crippen molar-refractivity contribution in [2.24, 2.45) is 0 Å². The number of hydrogen-bond donors (Lipinski definition) is 0. The normalized spacial score (nSPS) is 10.8. The first kappa shape index (κ1) is 14.7. The van der Waals surface area contributed by atoms with E-state index in [1.54, 1.807) is 11.3 Å². The summed E-state index contributed by atoms with van der Waals surface area (Å²) >= 11 is 1.63. The number of rotatable bonds is 4. The molecule has 0 aromatic carbocycles. The lowest BCUT2D eigenvalue weighted by atomic mass is 10.1. The first-order valence-corrected chi connectivity index (χ1v) is 7.32. The van der Waals surface area contributed by atoms with Gasteiger partial charge < -0.3 is 4.74 Å². The molecule has 0 atom stereocenters. The van der Waals surface area contributed by atoms with Crippen LogP contribution < -0.4 is 0 Å². The van der Waals surface area contributed by atoms with E-state index >= 15 is 0 Å². The lowest BCUT2D eigenvalue weighted by molar-refractivity contribution is -0.140. The zero-order chi connectivity index (χ0) is 14.9. The molecule has 0 aliphatic carbocycles. The molecule has 0 aliphatic heterocycles. The van der Waals surface area contributed by atoms with E-state index < -0.39 is 0 Å². The van der Waals surface area contributed by atoms with Crippen molar-refractivity contribution in [1.29, 1.82) is 0 Å². The summed E-state index contributed by atoms with van der Waals surface area (Å²) in [6.07, 6.45) is 1.02. The van der Waals surface area contributed by atoms with Crippen molar-refractivity contribution in [2.75, 3.05) is 7.11 Å². The van der Waals surface area contributed by atoms with Crippen molar-refractivity contribution in [2.45, 2.75) is 40.5 Å². The third kappa shape index (κ3) is 2.75. The molecule has 0 bridgehead atoms. The molecule has 20 heavy (non-hydrogen) atoms. The zero-order valence-corrected chi connectivity index (χ0v) is 13.3. The van der Waals surface area contributed by atoms with Gasteiger partial charge in [-0.3, -0.25) is 4.79 Å². The van der Waals surface area contributed by atoms with E-state index in [4.69, 9.17) is 0 Å². The Morgan fingerprint density at radius 3 is 2.50 bits per heavy atom. The van der Waals surface area contributed by atoms with Crippen molar-refractivity contribution in [3.8, 4) is 5.13 Å². The molecule has 2 aromatic rings. The van der Waals surface area contributed by atoms with Crippen LogP contribution in [0.15, 0.2) is 0 Å². The highest BCUT2D eigenvalue weighted by atomic mass is 32.1. The minimum absolute atomic E-state index is 0.197. The van der Waals surface area contributed by atoms with Crippen LogP contribution in [0.4, 0.5) is 0 Å². The van der Waals surface area contributed by atoms with Crippen LogP contribution in [0.5, 0.6) is 0 Å². The van der Waals surface area contributed by atoms with Crippen molar-refractivity contribution in [3.63, 3.8) is 0 Å². The number of carbonyl (C=O) groups excluding carboxylic acids is 1. The number of nitrogens with zero attached hydrogens (tertiary/aromatic N) is 3. The van der Waals surface area contributed by atoms with Crippen LogP contribution in [0.25, 0.3) is 5.13 Å². The molecule has 0 fully saturated rings. The highest BCUT2D eigenvalue weighted by Crippen LogP contribution is 2.24. The molecule has 0 aliphatic rings. The summed E-state index contributed by atoms with van der Waals surface area (Å²) in [5.74, 6) is -0.197. The Morgan fingerprint density at radius 2 is 1.95 bits per heavy atom. The van der Waals surface area contributed by atoms with E-state index in [9.17, 15) is 4.79 Å². The number of esters is 1. The SMILES string of the molecule is COC(=O)CCc1c(C)nn(-c2nc(C)c(C)s2)c1C. The summed E-state index contributed by atoms with van der Waals surface area (Å²) in [5, 5.41) is 5.43. The topological polar surface area (TPSA) is 57.0 Å². The van der Waals surface area contributed by atoms with Gasteiger partial charge in [-0.25, -0.2) is 9.67 Å². The molecule has 2 rings (SSSR count). The fourth-order valence-electron chi connectivity index (χ4n) is 2.10. The van der Waals surface area contributed by atoms with E-state index in [0.717, 1.165) is 27.8 Å². The Kier molecular flexibility index (Phi) is 4.23.